The lowest BCUT2D eigenvalue weighted by Crippen LogP contribution is -2.11. The molecule has 0 aliphatic heterocycles. The van der Waals surface area contributed by atoms with Crippen LogP contribution in [0, 0.1) is 5.82 Å². The predicted molar refractivity (Wildman–Crippen MR) is 58.7 cm³/mol. The molecule has 0 aliphatic rings. The Morgan fingerprint density at radius 2 is 2.00 bits per heavy atom. The molecule has 0 amide bonds. The first-order valence-electron chi connectivity index (χ1n) is 5.32. The fraction of sp³-hybridized carbons (Fsp3) is 0.250. The van der Waals surface area contributed by atoms with Gasteiger partial charge in [-0.25, -0.2) is 9.37 Å². The third-order valence-corrected chi connectivity index (χ3v) is 2.72. The number of rotatable bonds is 2. The zero-order valence-electron chi connectivity index (χ0n) is 9.82. The Kier molecular flexibility index (Phi) is 3.32. The van der Waals surface area contributed by atoms with Crippen molar-refractivity contribution in [2.24, 2.45) is 7.05 Å². The minimum Gasteiger partial charge on any atom is -0.380 e. The molecule has 1 aromatic heterocycles. The highest BCUT2D eigenvalue weighted by Gasteiger charge is 2.34. The van der Waals surface area contributed by atoms with Gasteiger partial charge in [0.05, 0.1) is 5.56 Å². The lowest BCUT2D eigenvalue weighted by molar-refractivity contribution is -0.140. The van der Waals surface area contributed by atoms with Crippen LogP contribution < -0.4 is 0 Å². The maximum absolute atomic E-state index is 13.4. The SMILES string of the molecule is Cn1ccnc1C(O)c1ccc(C(F)(F)F)c(F)c1. The summed E-state index contributed by atoms with van der Waals surface area (Å²) in [4.78, 5) is 3.86. The average molecular weight is 274 g/mol. The highest BCUT2D eigenvalue weighted by molar-refractivity contribution is 5.30. The van der Waals surface area contributed by atoms with Crippen molar-refractivity contribution in [3.8, 4) is 0 Å². The third kappa shape index (κ3) is 2.60. The molecule has 102 valence electrons. The topological polar surface area (TPSA) is 38.0 Å². The van der Waals surface area contributed by atoms with Gasteiger partial charge in [-0.3, -0.25) is 0 Å². The van der Waals surface area contributed by atoms with E-state index in [9.17, 15) is 22.7 Å². The molecule has 1 atom stereocenters. The van der Waals surface area contributed by atoms with Crippen LogP contribution in [0.25, 0.3) is 0 Å². The Morgan fingerprint density at radius 1 is 1.32 bits per heavy atom. The van der Waals surface area contributed by atoms with Crippen LogP contribution in [0.15, 0.2) is 30.6 Å². The second-order valence-corrected chi connectivity index (χ2v) is 4.04. The Morgan fingerprint density at radius 3 is 2.47 bits per heavy atom. The van der Waals surface area contributed by atoms with Crippen molar-refractivity contribution in [2.45, 2.75) is 12.3 Å². The normalized spacial score (nSPS) is 13.6. The summed E-state index contributed by atoms with van der Waals surface area (Å²) in [5, 5.41) is 9.95. The van der Waals surface area contributed by atoms with Crippen LogP contribution in [0.3, 0.4) is 0 Å². The highest BCUT2D eigenvalue weighted by Crippen LogP contribution is 2.33. The summed E-state index contributed by atoms with van der Waals surface area (Å²) < 4.78 is 52.1. The number of benzene rings is 1. The van der Waals surface area contributed by atoms with E-state index < -0.39 is 23.7 Å². The molecule has 0 spiro atoms. The third-order valence-electron chi connectivity index (χ3n) is 2.72. The monoisotopic (exact) mass is 274 g/mol. The van der Waals surface area contributed by atoms with Gasteiger partial charge in [0.15, 0.2) is 0 Å². The zero-order valence-corrected chi connectivity index (χ0v) is 9.82. The van der Waals surface area contributed by atoms with E-state index in [1.807, 2.05) is 0 Å². The van der Waals surface area contributed by atoms with Gasteiger partial charge in [-0.15, -0.1) is 0 Å². The van der Waals surface area contributed by atoms with Crippen LogP contribution in [0.4, 0.5) is 17.6 Å². The molecule has 1 unspecified atom stereocenters. The van der Waals surface area contributed by atoms with Gasteiger partial charge < -0.3 is 9.67 Å². The van der Waals surface area contributed by atoms with Gasteiger partial charge >= 0.3 is 6.18 Å². The van der Waals surface area contributed by atoms with Gasteiger partial charge in [-0.2, -0.15) is 13.2 Å². The van der Waals surface area contributed by atoms with Crippen molar-refractivity contribution >= 4 is 0 Å². The summed E-state index contributed by atoms with van der Waals surface area (Å²) in [6.45, 7) is 0. The van der Waals surface area contributed by atoms with E-state index in [0.717, 1.165) is 6.07 Å². The van der Waals surface area contributed by atoms with E-state index >= 15 is 0 Å². The molecule has 2 rings (SSSR count). The van der Waals surface area contributed by atoms with Gasteiger partial charge in [0.25, 0.3) is 0 Å². The number of nitrogens with zero attached hydrogens (tertiary/aromatic N) is 2. The summed E-state index contributed by atoms with van der Waals surface area (Å²) in [7, 11) is 1.62. The van der Waals surface area contributed by atoms with Crippen molar-refractivity contribution in [2.75, 3.05) is 0 Å². The summed E-state index contributed by atoms with van der Waals surface area (Å²) in [5.41, 5.74) is -1.34. The van der Waals surface area contributed by atoms with Crippen molar-refractivity contribution in [3.63, 3.8) is 0 Å². The van der Waals surface area contributed by atoms with Crippen molar-refractivity contribution in [1.29, 1.82) is 0 Å². The van der Waals surface area contributed by atoms with Crippen LogP contribution in [0.2, 0.25) is 0 Å². The number of aliphatic hydroxyl groups excluding tert-OH is 1. The maximum Gasteiger partial charge on any atom is 0.419 e. The molecule has 7 heteroatoms. The van der Waals surface area contributed by atoms with E-state index in [0.29, 0.717) is 12.1 Å². The first-order valence-corrected chi connectivity index (χ1v) is 5.32. The Bertz CT molecular complexity index is 592. The molecule has 0 aliphatic carbocycles. The first-order chi connectivity index (χ1) is 8.80. The van der Waals surface area contributed by atoms with Gasteiger partial charge in [0, 0.05) is 19.4 Å². The lowest BCUT2D eigenvalue weighted by atomic mass is 10.1. The van der Waals surface area contributed by atoms with Crippen molar-refractivity contribution in [3.05, 3.63) is 53.4 Å². The molecule has 0 bridgehead atoms. The van der Waals surface area contributed by atoms with Crippen molar-refractivity contribution in [1.82, 2.24) is 9.55 Å². The quantitative estimate of drug-likeness (QED) is 0.855. The van der Waals surface area contributed by atoms with Gasteiger partial charge in [-0.05, 0) is 17.7 Å². The molecule has 0 saturated heterocycles. The molecule has 3 nitrogen and oxygen atoms in total. The number of alkyl halides is 3. The van der Waals surface area contributed by atoms with E-state index in [1.54, 1.807) is 13.2 Å². The molecule has 19 heavy (non-hydrogen) atoms. The maximum atomic E-state index is 13.4. The number of aliphatic hydroxyl groups is 1. The van der Waals surface area contributed by atoms with Crippen LogP contribution in [-0.4, -0.2) is 14.7 Å². The molecule has 0 radical (unpaired) electrons. The number of aromatic nitrogens is 2. The lowest BCUT2D eigenvalue weighted by Gasteiger charge is -2.13. The predicted octanol–water partition coefficient (Wildman–Crippen LogP) is 2.66. The van der Waals surface area contributed by atoms with Crippen LogP contribution in [0.5, 0.6) is 0 Å². The molecular formula is C12H10F4N2O. The minimum atomic E-state index is -4.75. The van der Waals surface area contributed by atoms with Crippen LogP contribution >= 0.6 is 0 Å². The number of hydrogen-bond acceptors (Lipinski definition) is 2. The minimum absolute atomic E-state index is 0.0137. The van der Waals surface area contributed by atoms with E-state index in [2.05, 4.69) is 4.98 Å². The second-order valence-electron chi connectivity index (χ2n) is 4.04. The molecule has 2 aromatic rings. The standard InChI is InChI=1S/C12H10F4N2O/c1-18-5-4-17-11(18)10(19)7-2-3-8(9(13)6-7)12(14,15)16/h2-6,10,19H,1H3. The molecule has 1 N–H and O–H groups in total. The summed E-state index contributed by atoms with van der Waals surface area (Å²) in [6, 6.07) is 2.31. The number of halogens is 4. The summed E-state index contributed by atoms with van der Waals surface area (Å²) in [6.07, 6.45) is -3.04. The smallest absolute Gasteiger partial charge is 0.380 e. The first kappa shape index (κ1) is 13.5. The molecular weight excluding hydrogens is 264 g/mol. The van der Waals surface area contributed by atoms with Gasteiger partial charge in [0.2, 0.25) is 0 Å². The van der Waals surface area contributed by atoms with Crippen LogP contribution in [-0.2, 0) is 13.2 Å². The molecule has 0 fully saturated rings. The number of imidazole rings is 1. The van der Waals surface area contributed by atoms with Gasteiger partial charge in [0.1, 0.15) is 17.7 Å². The average Bonchev–Trinajstić information content (AvgIpc) is 2.72. The second kappa shape index (κ2) is 4.65. The Hall–Kier alpha value is -1.89. The van der Waals surface area contributed by atoms with Crippen molar-refractivity contribution < 1.29 is 22.7 Å². The largest absolute Gasteiger partial charge is 0.419 e. The van der Waals surface area contributed by atoms with E-state index in [-0.39, 0.29) is 11.4 Å². The Labute approximate surface area is 106 Å². The number of hydrogen-bond donors (Lipinski definition) is 1. The fourth-order valence-corrected chi connectivity index (χ4v) is 1.72. The Balaban J connectivity index is 2.38. The fourth-order valence-electron chi connectivity index (χ4n) is 1.72. The zero-order chi connectivity index (χ0) is 14.2. The summed E-state index contributed by atoms with van der Waals surface area (Å²) in [5.74, 6) is -1.20. The summed E-state index contributed by atoms with van der Waals surface area (Å²) >= 11 is 0. The molecule has 0 saturated carbocycles. The van der Waals surface area contributed by atoms with Gasteiger partial charge in [-0.1, -0.05) is 6.07 Å². The number of aryl methyl sites for hydroxylation is 1. The highest BCUT2D eigenvalue weighted by atomic mass is 19.4. The van der Waals surface area contributed by atoms with E-state index in [1.165, 1.54) is 10.8 Å². The van der Waals surface area contributed by atoms with E-state index in [4.69, 9.17) is 0 Å². The molecule has 1 aromatic carbocycles. The molecule has 1 heterocycles. The van der Waals surface area contributed by atoms with Crippen LogP contribution in [0.1, 0.15) is 23.1 Å².